The Morgan fingerprint density at radius 3 is 2.79 bits per heavy atom. The van der Waals surface area contributed by atoms with Crippen LogP contribution in [-0.2, 0) is 4.79 Å². The number of nitriles is 1. The molecule has 1 amide bonds. The smallest absolute Gasteiger partial charge is 0.292 e. The lowest BCUT2D eigenvalue weighted by Crippen LogP contribution is -2.17. The Balaban J connectivity index is 2.94. The number of nitrogens with one attached hydrogen (secondary N) is 2. The summed E-state index contributed by atoms with van der Waals surface area (Å²) in [6.07, 6.45) is 1.27. The number of nitro benzene ring substituents is 1. The first-order chi connectivity index (χ1) is 9.10. The summed E-state index contributed by atoms with van der Waals surface area (Å²) in [5.41, 5.74) is -0.327. The van der Waals surface area contributed by atoms with Crippen molar-refractivity contribution in [3.63, 3.8) is 0 Å². The lowest BCUT2D eigenvalue weighted by molar-refractivity contribution is -0.383. The van der Waals surface area contributed by atoms with E-state index in [0.29, 0.717) is 6.54 Å². The molecule has 0 bridgehead atoms. The van der Waals surface area contributed by atoms with Crippen LogP contribution in [0, 0.1) is 21.4 Å². The summed E-state index contributed by atoms with van der Waals surface area (Å²) in [6.45, 7) is 2.37. The van der Waals surface area contributed by atoms with Gasteiger partial charge in [0.15, 0.2) is 0 Å². The van der Waals surface area contributed by atoms with Crippen LogP contribution in [0.5, 0.6) is 0 Å². The number of para-hydroxylation sites is 2. The molecule has 0 aromatic heterocycles. The van der Waals surface area contributed by atoms with Crippen molar-refractivity contribution < 1.29 is 9.72 Å². The highest BCUT2D eigenvalue weighted by atomic mass is 16.6. The predicted molar refractivity (Wildman–Crippen MR) is 69.1 cm³/mol. The van der Waals surface area contributed by atoms with Gasteiger partial charge in [-0.3, -0.25) is 14.9 Å². The summed E-state index contributed by atoms with van der Waals surface area (Å²) in [6, 6.07) is 7.45. The lowest BCUT2D eigenvalue weighted by atomic mass is 10.2. The van der Waals surface area contributed by atoms with E-state index in [1.54, 1.807) is 12.1 Å². The third kappa shape index (κ3) is 3.81. The number of benzene rings is 1. The first-order valence-electron chi connectivity index (χ1n) is 5.48. The average molecular weight is 260 g/mol. The maximum absolute atomic E-state index is 11.8. The molecule has 0 spiro atoms. The number of nitrogens with zero attached hydrogens (tertiary/aromatic N) is 2. The Bertz CT molecular complexity index is 560. The maximum Gasteiger partial charge on any atom is 0.292 e. The van der Waals surface area contributed by atoms with Crippen LogP contribution in [0.2, 0.25) is 0 Å². The summed E-state index contributed by atoms with van der Waals surface area (Å²) in [4.78, 5) is 21.9. The van der Waals surface area contributed by atoms with Crippen molar-refractivity contribution in [1.82, 2.24) is 5.32 Å². The Hall–Kier alpha value is -2.88. The minimum Gasteiger partial charge on any atom is -0.390 e. The molecule has 0 aliphatic carbocycles. The molecule has 0 radical (unpaired) electrons. The fourth-order valence-corrected chi connectivity index (χ4v) is 1.28. The molecule has 0 unspecified atom stereocenters. The summed E-state index contributed by atoms with van der Waals surface area (Å²) in [5.74, 6) is -0.697. The van der Waals surface area contributed by atoms with Crippen LogP contribution in [0.15, 0.2) is 36.0 Å². The van der Waals surface area contributed by atoms with E-state index in [2.05, 4.69) is 10.6 Å². The normalized spacial score (nSPS) is 10.4. The second-order valence-electron chi connectivity index (χ2n) is 3.46. The number of nitro groups is 1. The number of amides is 1. The van der Waals surface area contributed by atoms with E-state index < -0.39 is 10.8 Å². The monoisotopic (exact) mass is 260 g/mol. The van der Waals surface area contributed by atoms with E-state index in [9.17, 15) is 14.9 Å². The van der Waals surface area contributed by atoms with Gasteiger partial charge in [0, 0.05) is 18.8 Å². The standard InChI is InChI=1S/C12H12N4O3/c1-2-14-8-9(7-13)12(17)15-10-5-3-4-6-11(10)16(18)19/h3-6,8,14H,2H2,1H3,(H,15,17)/b9-8-. The molecule has 0 fully saturated rings. The molecule has 98 valence electrons. The predicted octanol–water partition coefficient (Wildman–Crippen LogP) is 1.55. The first-order valence-corrected chi connectivity index (χ1v) is 5.48. The zero-order chi connectivity index (χ0) is 14.3. The van der Waals surface area contributed by atoms with Crippen molar-refractivity contribution in [2.24, 2.45) is 0 Å². The zero-order valence-electron chi connectivity index (χ0n) is 10.2. The number of hydrogen-bond acceptors (Lipinski definition) is 5. The molecule has 0 saturated carbocycles. The van der Waals surface area contributed by atoms with E-state index >= 15 is 0 Å². The van der Waals surface area contributed by atoms with Crippen LogP contribution in [0.25, 0.3) is 0 Å². The van der Waals surface area contributed by atoms with Crippen molar-refractivity contribution in [3.8, 4) is 6.07 Å². The quantitative estimate of drug-likeness (QED) is 0.361. The highest BCUT2D eigenvalue weighted by Crippen LogP contribution is 2.23. The number of carbonyl (C=O) groups is 1. The topological polar surface area (TPSA) is 108 Å². The van der Waals surface area contributed by atoms with Crippen LogP contribution in [0.3, 0.4) is 0 Å². The molecule has 1 aromatic carbocycles. The molecule has 0 aliphatic heterocycles. The lowest BCUT2D eigenvalue weighted by Gasteiger charge is -2.05. The third-order valence-electron chi connectivity index (χ3n) is 2.16. The molecular formula is C12H12N4O3. The van der Waals surface area contributed by atoms with Gasteiger partial charge in [-0.1, -0.05) is 12.1 Å². The molecule has 7 heteroatoms. The van der Waals surface area contributed by atoms with Crippen LogP contribution in [0.1, 0.15) is 6.92 Å². The molecule has 0 saturated heterocycles. The molecule has 2 N–H and O–H groups in total. The molecule has 1 aromatic rings. The van der Waals surface area contributed by atoms with E-state index in [0.717, 1.165) is 0 Å². The number of hydrogen-bond donors (Lipinski definition) is 2. The molecule has 1 rings (SSSR count). The largest absolute Gasteiger partial charge is 0.390 e. The van der Waals surface area contributed by atoms with Crippen molar-refractivity contribution >= 4 is 17.3 Å². The highest BCUT2D eigenvalue weighted by Gasteiger charge is 2.16. The van der Waals surface area contributed by atoms with E-state index in [-0.39, 0.29) is 16.9 Å². The van der Waals surface area contributed by atoms with Crippen LogP contribution < -0.4 is 10.6 Å². The van der Waals surface area contributed by atoms with Gasteiger partial charge in [-0.2, -0.15) is 5.26 Å². The fraction of sp³-hybridized carbons (Fsp3) is 0.167. The Morgan fingerprint density at radius 2 is 2.21 bits per heavy atom. The number of carbonyl (C=O) groups excluding carboxylic acids is 1. The Labute approximate surface area is 109 Å². The zero-order valence-corrected chi connectivity index (χ0v) is 10.2. The minimum absolute atomic E-state index is 0.0511. The SMILES string of the molecule is CCN/C=C(/C#N)C(=O)Nc1ccccc1[N+](=O)[O-]. The Morgan fingerprint density at radius 1 is 1.53 bits per heavy atom. The number of anilines is 1. The van der Waals surface area contributed by atoms with E-state index in [1.165, 1.54) is 24.4 Å². The van der Waals surface area contributed by atoms with Crippen molar-refractivity contribution in [2.75, 3.05) is 11.9 Å². The second-order valence-corrected chi connectivity index (χ2v) is 3.46. The van der Waals surface area contributed by atoms with Crippen molar-refractivity contribution in [1.29, 1.82) is 5.26 Å². The van der Waals surface area contributed by atoms with E-state index in [1.807, 2.05) is 6.92 Å². The summed E-state index contributed by atoms with van der Waals surface area (Å²) >= 11 is 0. The summed E-state index contributed by atoms with van der Waals surface area (Å²) in [7, 11) is 0. The maximum atomic E-state index is 11.8. The molecule has 7 nitrogen and oxygen atoms in total. The summed E-state index contributed by atoms with van der Waals surface area (Å²) < 4.78 is 0. The minimum atomic E-state index is -0.697. The van der Waals surface area contributed by atoms with Gasteiger partial charge in [-0.25, -0.2) is 0 Å². The van der Waals surface area contributed by atoms with Gasteiger partial charge in [-0.15, -0.1) is 0 Å². The fourth-order valence-electron chi connectivity index (χ4n) is 1.28. The first kappa shape index (κ1) is 14.2. The van der Waals surface area contributed by atoms with Gasteiger partial charge in [0.2, 0.25) is 0 Å². The van der Waals surface area contributed by atoms with Gasteiger partial charge >= 0.3 is 0 Å². The molecule has 0 aliphatic rings. The molecule has 19 heavy (non-hydrogen) atoms. The van der Waals surface area contributed by atoms with Gasteiger partial charge < -0.3 is 10.6 Å². The van der Waals surface area contributed by atoms with Gasteiger partial charge in [0.05, 0.1) is 4.92 Å². The average Bonchev–Trinajstić information content (AvgIpc) is 2.40. The van der Waals surface area contributed by atoms with Crippen molar-refractivity contribution in [2.45, 2.75) is 6.92 Å². The molecular weight excluding hydrogens is 248 g/mol. The third-order valence-corrected chi connectivity index (χ3v) is 2.16. The summed E-state index contributed by atoms with van der Waals surface area (Å²) in [5, 5.41) is 24.7. The van der Waals surface area contributed by atoms with Gasteiger partial charge in [0.1, 0.15) is 17.3 Å². The van der Waals surface area contributed by atoms with Crippen LogP contribution in [0.4, 0.5) is 11.4 Å². The van der Waals surface area contributed by atoms with E-state index in [4.69, 9.17) is 5.26 Å². The van der Waals surface area contributed by atoms with Crippen molar-refractivity contribution in [3.05, 3.63) is 46.2 Å². The van der Waals surface area contributed by atoms with Gasteiger partial charge in [0.25, 0.3) is 11.6 Å². The molecule has 0 atom stereocenters. The highest BCUT2D eigenvalue weighted by molar-refractivity contribution is 6.07. The van der Waals surface area contributed by atoms with Gasteiger partial charge in [-0.05, 0) is 13.0 Å². The Kier molecular flexibility index (Phi) is 5.04. The van der Waals surface area contributed by atoms with Crippen LogP contribution in [-0.4, -0.2) is 17.4 Å². The number of rotatable bonds is 5. The van der Waals surface area contributed by atoms with Crippen LogP contribution >= 0.6 is 0 Å². The molecule has 0 heterocycles. The second kappa shape index (κ2) is 6.76.